The predicted octanol–water partition coefficient (Wildman–Crippen LogP) is 2.75. The first-order valence-corrected chi connectivity index (χ1v) is 6.55. The van der Waals surface area contributed by atoms with Gasteiger partial charge in [0.2, 0.25) is 0 Å². The molecule has 1 aromatic carbocycles. The Morgan fingerprint density at radius 3 is 2.39 bits per heavy atom. The first kappa shape index (κ1) is 13.1. The maximum atomic E-state index is 12.1. The molecule has 0 N–H and O–H groups in total. The van der Waals surface area contributed by atoms with Crippen LogP contribution in [0, 0.1) is 5.92 Å². The molecule has 2 rings (SSSR count). The van der Waals surface area contributed by atoms with Crippen molar-refractivity contribution in [3.05, 3.63) is 29.8 Å². The molecule has 0 spiro atoms. The van der Waals surface area contributed by atoms with E-state index < -0.39 is 0 Å². The van der Waals surface area contributed by atoms with Gasteiger partial charge >= 0.3 is 0 Å². The minimum absolute atomic E-state index is 0.257. The number of anilines is 1. The predicted molar refractivity (Wildman–Crippen MR) is 73.3 cm³/mol. The summed E-state index contributed by atoms with van der Waals surface area (Å²) >= 11 is 0. The molecule has 0 radical (unpaired) electrons. The van der Waals surface area contributed by atoms with E-state index in [1.807, 2.05) is 43.3 Å². The summed E-state index contributed by atoms with van der Waals surface area (Å²) in [4.78, 5) is 14.2. The second-order valence-corrected chi connectivity index (χ2v) is 5.12. The summed E-state index contributed by atoms with van der Waals surface area (Å²) < 4.78 is 5.31. The van der Waals surface area contributed by atoms with E-state index in [1.54, 1.807) is 0 Å². The number of Topliss-reactive ketones (excluding diaryl/α,β-unsaturated/α-hetero) is 1. The number of ether oxygens (including phenoxy) is 1. The summed E-state index contributed by atoms with van der Waals surface area (Å²) in [6.45, 7) is 1.61. The van der Waals surface area contributed by atoms with Crippen molar-refractivity contribution in [1.82, 2.24) is 0 Å². The van der Waals surface area contributed by atoms with Crippen LogP contribution in [-0.2, 0) is 4.74 Å². The average Bonchev–Trinajstić information content (AvgIpc) is 2.40. The van der Waals surface area contributed by atoms with E-state index in [9.17, 15) is 4.79 Å². The van der Waals surface area contributed by atoms with Gasteiger partial charge in [-0.1, -0.05) is 0 Å². The van der Waals surface area contributed by atoms with Crippen LogP contribution in [0.1, 0.15) is 29.6 Å². The van der Waals surface area contributed by atoms with Crippen LogP contribution >= 0.6 is 0 Å². The van der Waals surface area contributed by atoms with Gasteiger partial charge in [0.25, 0.3) is 0 Å². The highest BCUT2D eigenvalue weighted by Gasteiger charge is 2.18. The second kappa shape index (κ2) is 6.01. The fraction of sp³-hybridized carbons (Fsp3) is 0.533. The Bertz CT molecular complexity index is 391. The number of carbonyl (C=O) groups excluding carboxylic acids is 1. The van der Waals surface area contributed by atoms with Gasteiger partial charge in [-0.25, -0.2) is 0 Å². The van der Waals surface area contributed by atoms with Crippen molar-refractivity contribution in [3.63, 3.8) is 0 Å². The zero-order chi connectivity index (χ0) is 13.0. The molecule has 1 heterocycles. The maximum absolute atomic E-state index is 12.1. The largest absolute Gasteiger partial charge is 0.381 e. The molecule has 0 atom stereocenters. The second-order valence-electron chi connectivity index (χ2n) is 5.12. The Balaban J connectivity index is 1.95. The molecule has 1 fully saturated rings. The van der Waals surface area contributed by atoms with Gasteiger partial charge in [0.1, 0.15) is 0 Å². The van der Waals surface area contributed by atoms with E-state index in [0.29, 0.717) is 12.3 Å². The van der Waals surface area contributed by atoms with Crippen molar-refractivity contribution in [2.45, 2.75) is 19.3 Å². The zero-order valence-corrected chi connectivity index (χ0v) is 11.2. The monoisotopic (exact) mass is 247 g/mol. The maximum Gasteiger partial charge on any atom is 0.163 e. The lowest BCUT2D eigenvalue weighted by Gasteiger charge is -2.21. The van der Waals surface area contributed by atoms with Crippen LogP contribution in [0.3, 0.4) is 0 Å². The SMILES string of the molecule is CN(C)c1ccc(C(=O)CC2CCOCC2)cc1. The van der Waals surface area contributed by atoms with Crippen LogP contribution in [-0.4, -0.2) is 33.1 Å². The third kappa shape index (κ3) is 3.33. The molecule has 0 unspecified atom stereocenters. The molecule has 3 nitrogen and oxygen atoms in total. The summed E-state index contributed by atoms with van der Waals surface area (Å²) in [7, 11) is 4.00. The molecule has 0 aliphatic carbocycles. The van der Waals surface area contributed by atoms with Crippen molar-refractivity contribution in [1.29, 1.82) is 0 Å². The van der Waals surface area contributed by atoms with Crippen LogP contribution in [0.25, 0.3) is 0 Å². The summed E-state index contributed by atoms with van der Waals surface area (Å²) in [5.74, 6) is 0.756. The van der Waals surface area contributed by atoms with Crippen molar-refractivity contribution >= 4 is 11.5 Å². The third-order valence-electron chi connectivity index (χ3n) is 3.52. The molecule has 0 aromatic heterocycles. The van der Waals surface area contributed by atoms with Crippen molar-refractivity contribution < 1.29 is 9.53 Å². The molecule has 1 aliphatic rings. The molecular weight excluding hydrogens is 226 g/mol. The number of hydrogen-bond acceptors (Lipinski definition) is 3. The molecule has 18 heavy (non-hydrogen) atoms. The Hall–Kier alpha value is -1.35. The number of hydrogen-bond donors (Lipinski definition) is 0. The number of rotatable bonds is 4. The van der Waals surface area contributed by atoms with Crippen LogP contribution in [0.4, 0.5) is 5.69 Å². The molecule has 1 saturated heterocycles. The zero-order valence-electron chi connectivity index (χ0n) is 11.2. The van der Waals surface area contributed by atoms with Crippen molar-refractivity contribution in [2.24, 2.45) is 5.92 Å². The number of ketones is 1. The lowest BCUT2D eigenvalue weighted by atomic mass is 9.92. The van der Waals surface area contributed by atoms with Gasteiger partial charge < -0.3 is 9.64 Å². The van der Waals surface area contributed by atoms with Gasteiger partial charge in [-0.3, -0.25) is 4.79 Å². The molecule has 98 valence electrons. The minimum Gasteiger partial charge on any atom is -0.381 e. The molecule has 0 saturated carbocycles. The summed E-state index contributed by atoms with van der Waals surface area (Å²) in [5, 5.41) is 0. The van der Waals surface area contributed by atoms with E-state index in [0.717, 1.165) is 37.3 Å². The van der Waals surface area contributed by atoms with Gasteiger partial charge in [0.15, 0.2) is 5.78 Å². The Morgan fingerprint density at radius 2 is 1.83 bits per heavy atom. The van der Waals surface area contributed by atoms with Crippen LogP contribution in [0.5, 0.6) is 0 Å². The molecule has 1 aliphatic heterocycles. The average molecular weight is 247 g/mol. The highest BCUT2D eigenvalue weighted by atomic mass is 16.5. The van der Waals surface area contributed by atoms with Crippen LogP contribution in [0.2, 0.25) is 0 Å². The van der Waals surface area contributed by atoms with Gasteiger partial charge in [0, 0.05) is 45.0 Å². The Morgan fingerprint density at radius 1 is 1.22 bits per heavy atom. The quantitative estimate of drug-likeness (QED) is 0.766. The topological polar surface area (TPSA) is 29.5 Å². The third-order valence-corrected chi connectivity index (χ3v) is 3.52. The van der Waals surface area contributed by atoms with E-state index in [1.165, 1.54) is 0 Å². The van der Waals surface area contributed by atoms with E-state index in [2.05, 4.69) is 0 Å². The van der Waals surface area contributed by atoms with Crippen molar-refractivity contribution in [3.8, 4) is 0 Å². The summed E-state index contributed by atoms with van der Waals surface area (Å²) in [6, 6.07) is 7.85. The minimum atomic E-state index is 0.257. The standard InChI is InChI=1S/C15H21NO2/c1-16(2)14-5-3-13(4-6-14)15(17)11-12-7-9-18-10-8-12/h3-6,12H,7-11H2,1-2H3. The Kier molecular flexibility index (Phi) is 4.37. The smallest absolute Gasteiger partial charge is 0.163 e. The van der Waals surface area contributed by atoms with Crippen LogP contribution < -0.4 is 4.90 Å². The lowest BCUT2D eigenvalue weighted by Crippen LogP contribution is -2.18. The molecule has 3 heteroatoms. The molecule has 1 aromatic rings. The van der Waals surface area contributed by atoms with E-state index >= 15 is 0 Å². The first-order chi connectivity index (χ1) is 8.66. The highest BCUT2D eigenvalue weighted by molar-refractivity contribution is 5.96. The van der Waals surface area contributed by atoms with Gasteiger partial charge in [-0.05, 0) is 43.0 Å². The van der Waals surface area contributed by atoms with Gasteiger partial charge in [0.05, 0.1) is 0 Å². The lowest BCUT2D eigenvalue weighted by molar-refractivity contribution is 0.0601. The summed E-state index contributed by atoms with van der Waals surface area (Å²) in [5.41, 5.74) is 1.95. The number of carbonyl (C=O) groups is 1. The molecule has 0 bridgehead atoms. The van der Waals surface area contributed by atoms with E-state index in [-0.39, 0.29) is 5.78 Å². The fourth-order valence-corrected chi connectivity index (χ4v) is 2.28. The first-order valence-electron chi connectivity index (χ1n) is 6.55. The highest BCUT2D eigenvalue weighted by Crippen LogP contribution is 2.21. The van der Waals surface area contributed by atoms with E-state index in [4.69, 9.17) is 4.74 Å². The van der Waals surface area contributed by atoms with Crippen LogP contribution in [0.15, 0.2) is 24.3 Å². The van der Waals surface area contributed by atoms with Gasteiger partial charge in [-0.2, -0.15) is 0 Å². The van der Waals surface area contributed by atoms with Gasteiger partial charge in [-0.15, -0.1) is 0 Å². The molecular formula is C15H21NO2. The summed E-state index contributed by atoms with van der Waals surface area (Å²) in [6.07, 6.45) is 2.69. The number of nitrogens with zero attached hydrogens (tertiary/aromatic N) is 1. The molecule has 0 amide bonds. The fourth-order valence-electron chi connectivity index (χ4n) is 2.28. The normalized spacial score (nSPS) is 16.6. The number of benzene rings is 1. The van der Waals surface area contributed by atoms with Crippen molar-refractivity contribution in [2.75, 3.05) is 32.2 Å². The Labute approximate surface area is 109 Å².